The van der Waals surface area contributed by atoms with Crippen LogP contribution >= 0.6 is 0 Å². The fourth-order valence-corrected chi connectivity index (χ4v) is 3.23. The summed E-state index contributed by atoms with van der Waals surface area (Å²) >= 11 is 0. The second-order valence-electron chi connectivity index (χ2n) is 7.63. The second kappa shape index (κ2) is 19.9. The summed E-state index contributed by atoms with van der Waals surface area (Å²) in [6, 6.07) is -0.247. The molecule has 0 aromatic rings. The number of carbonyl (C=O) groups excluding carboxylic acids is 1. The van der Waals surface area contributed by atoms with Crippen molar-refractivity contribution in [1.82, 2.24) is 4.90 Å². The first-order valence-corrected chi connectivity index (χ1v) is 11.2. The maximum absolute atomic E-state index is 12.1. The molecule has 0 heterocycles. The van der Waals surface area contributed by atoms with Crippen molar-refractivity contribution in [3.63, 3.8) is 0 Å². The van der Waals surface area contributed by atoms with Gasteiger partial charge in [-0.2, -0.15) is 0 Å². The topological polar surface area (TPSA) is 49.8 Å². The monoisotopic (exact) mass is 383 g/mol. The molecule has 0 spiro atoms. The lowest BCUT2D eigenvalue weighted by Gasteiger charge is -2.25. The van der Waals surface area contributed by atoms with Gasteiger partial charge in [0.15, 0.2) is 0 Å². The van der Waals surface area contributed by atoms with Gasteiger partial charge in [-0.25, -0.2) is 0 Å². The first-order chi connectivity index (χ1) is 13.2. The molecule has 0 aliphatic carbocycles. The predicted molar refractivity (Wildman–Crippen MR) is 115 cm³/mol. The van der Waals surface area contributed by atoms with Gasteiger partial charge in [0.1, 0.15) is 0 Å². The van der Waals surface area contributed by atoms with Gasteiger partial charge in [-0.3, -0.25) is 4.79 Å². The summed E-state index contributed by atoms with van der Waals surface area (Å²) in [7, 11) is 3.32. The van der Waals surface area contributed by atoms with Crippen molar-refractivity contribution in [3.8, 4) is 0 Å². The molecule has 0 aromatic carbocycles. The summed E-state index contributed by atoms with van der Waals surface area (Å²) in [5, 5.41) is 9.29. The second-order valence-corrected chi connectivity index (χ2v) is 7.63. The maximum Gasteiger partial charge on any atom is 0.223 e. The van der Waals surface area contributed by atoms with Gasteiger partial charge in [0.25, 0.3) is 0 Å². The van der Waals surface area contributed by atoms with E-state index in [9.17, 15) is 9.90 Å². The van der Waals surface area contributed by atoms with Crippen LogP contribution in [0.15, 0.2) is 12.2 Å². The van der Waals surface area contributed by atoms with E-state index in [1.165, 1.54) is 70.6 Å². The number of hydrogen-bond acceptors (Lipinski definition) is 3. The van der Waals surface area contributed by atoms with Crippen LogP contribution < -0.4 is 0 Å². The van der Waals surface area contributed by atoms with Crippen LogP contribution in [-0.2, 0) is 9.53 Å². The van der Waals surface area contributed by atoms with E-state index in [4.69, 9.17) is 4.74 Å². The number of amides is 1. The highest BCUT2D eigenvalue weighted by Crippen LogP contribution is 2.12. The number of rotatable bonds is 19. The molecule has 0 bridgehead atoms. The minimum absolute atomic E-state index is 0.0606. The van der Waals surface area contributed by atoms with Crippen molar-refractivity contribution in [2.24, 2.45) is 0 Å². The largest absolute Gasteiger partial charge is 0.394 e. The average Bonchev–Trinajstić information content (AvgIpc) is 2.68. The number of ether oxygens (including phenoxy) is 1. The molecule has 0 saturated carbocycles. The minimum Gasteiger partial charge on any atom is -0.394 e. The summed E-state index contributed by atoms with van der Waals surface area (Å²) in [6.45, 7) is 2.57. The van der Waals surface area contributed by atoms with Crippen molar-refractivity contribution < 1.29 is 14.6 Å². The Balaban J connectivity index is 3.48. The highest BCUT2D eigenvalue weighted by Gasteiger charge is 2.18. The number of aliphatic hydroxyl groups excluding tert-OH is 1. The quantitative estimate of drug-likeness (QED) is 0.237. The van der Waals surface area contributed by atoms with Gasteiger partial charge in [-0.1, -0.05) is 83.3 Å². The summed E-state index contributed by atoms with van der Waals surface area (Å²) < 4.78 is 5.03. The SMILES string of the molecule is CCCCCCCCCCCCC/C=C/CCC(=O)N(C)[C@H](CO)COC. The van der Waals surface area contributed by atoms with E-state index in [2.05, 4.69) is 19.1 Å². The maximum atomic E-state index is 12.1. The molecule has 160 valence electrons. The van der Waals surface area contributed by atoms with Crippen LogP contribution in [-0.4, -0.2) is 49.3 Å². The number of likely N-dealkylation sites (N-methyl/N-ethyl adjacent to an activating group) is 1. The Kier molecular flexibility index (Phi) is 19.2. The smallest absolute Gasteiger partial charge is 0.223 e. The van der Waals surface area contributed by atoms with Gasteiger partial charge >= 0.3 is 0 Å². The van der Waals surface area contributed by atoms with Crippen LogP contribution in [0.2, 0.25) is 0 Å². The fourth-order valence-electron chi connectivity index (χ4n) is 3.23. The van der Waals surface area contributed by atoms with E-state index in [1.807, 2.05) is 0 Å². The third kappa shape index (κ3) is 15.8. The van der Waals surface area contributed by atoms with E-state index in [-0.39, 0.29) is 18.6 Å². The Morgan fingerprint density at radius 3 is 1.96 bits per heavy atom. The Labute approximate surface area is 168 Å². The molecule has 0 saturated heterocycles. The van der Waals surface area contributed by atoms with Crippen LogP contribution in [0.4, 0.5) is 0 Å². The normalized spacial score (nSPS) is 12.6. The van der Waals surface area contributed by atoms with Gasteiger partial charge in [0.2, 0.25) is 5.91 Å². The zero-order valence-corrected chi connectivity index (χ0v) is 18.3. The van der Waals surface area contributed by atoms with Gasteiger partial charge < -0.3 is 14.7 Å². The Morgan fingerprint density at radius 1 is 0.926 bits per heavy atom. The third-order valence-corrected chi connectivity index (χ3v) is 5.18. The molecule has 27 heavy (non-hydrogen) atoms. The number of unbranched alkanes of at least 4 members (excludes halogenated alkanes) is 11. The zero-order valence-electron chi connectivity index (χ0n) is 18.3. The zero-order chi connectivity index (χ0) is 20.2. The molecule has 4 nitrogen and oxygen atoms in total. The number of methoxy groups -OCH3 is 1. The fraction of sp³-hybridized carbons (Fsp3) is 0.870. The molecule has 0 fully saturated rings. The number of aliphatic hydroxyl groups is 1. The highest BCUT2D eigenvalue weighted by atomic mass is 16.5. The molecule has 0 aliphatic rings. The molecule has 0 aliphatic heterocycles. The molecule has 0 unspecified atom stereocenters. The van der Waals surface area contributed by atoms with E-state index in [0.29, 0.717) is 13.0 Å². The Hall–Kier alpha value is -0.870. The van der Waals surface area contributed by atoms with Gasteiger partial charge in [0, 0.05) is 20.6 Å². The standard InChI is InChI=1S/C23H45NO3/c1-4-5-6-7-8-9-10-11-12-13-14-15-16-17-18-19-23(26)24(2)22(20-25)21-27-3/h16-17,22,25H,4-15,18-21H2,1-3H3/b17-16+/t22-/m1/s1. The average molecular weight is 384 g/mol. The Bertz CT molecular complexity index is 358. The van der Waals surface area contributed by atoms with Crippen LogP contribution in [0.5, 0.6) is 0 Å². The number of allylic oxidation sites excluding steroid dienone is 2. The first-order valence-electron chi connectivity index (χ1n) is 11.2. The lowest BCUT2D eigenvalue weighted by molar-refractivity contribution is -0.133. The lowest BCUT2D eigenvalue weighted by atomic mass is 10.1. The van der Waals surface area contributed by atoms with Crippen LogP contribution in [0.1, 0.15) is 96.8 Å². The van der Waals surface area contributed by atoms with Crippen molar-refractivity contribution in [1.29, 1.82) is 0 Å². The molecule has 0 rings (SSSR count). The predicted octanol–water partition coefficient (Wildman–Crippen LogP) is 5.49. The molecular weight excluding hydrogens is 338 g/mol. The number of carbonyl (C=O) groups is 1. The molecule has 1 amide bonds. The highest BCUT2D eigenvalue weighted by molar-refractivity contribution is 5.76. The molecule has 4 heteroatoms. The van der Waals surface area contributed by atoms with Crippen molar-refractivity contribution in [2.45, 2.75) is 103 Å². The van der Waals surface area contributed by atoms with E-state index >= 15 is 0 Å². The van der Waals surface area contributed by atoms with E-state index < -0.39 is 0 Å². The minimum atomic E-state index is -0.247. The van der Waals surface area contributed by atoms with E-state index in [1.54, 1.807) is 19.1 Å². The molecule has 0 aromatic heterocycles. The number of nitrogens with zero attached hydrogens (tertiary/aromatic N) is 1. The Morgan fingerprint density at radius 2 is 1.44 bits per heavy atom. The lowest BCUT2D eigenvalue weighted by Crippen LogP contribution is -2.42. The molecular formula is C23H45NO3. The summed E-state index contributed by atoms with van der Waals surface area (Å²) in [5.41, 5.74) is 0. The van der Waals surface area contributed by atoms with Crippen LogP contribution in [0.3, 0.4) is 0 Å². The van der Waals surface area contributed by atoms with Crippen molar-refractivity contribution >= 4 is 5.91 Å². The van der Waals surface area contributed by atoms with E-state index in [0.717, 1.165) is 12.8 Å². The first kappa shape index (κ1) is 26.1. The molecule has 1 atom stereocenters. The van der Waals surface area contributed by atoms with Gasteiger partial charge in [-0.15, -0.1) is 0 Å². The van der Waals surface area contributed by atoms with Crippen LogP contribution in [0, 0.1) is 0 Å². The van der Waals surface area contributed by atoms with Crippen LogP contribution in [0.25, 0.3) is 0 Å². The van der Waals surface area contributed by atoms with Crippen molar-refractivity contribution in [3.05, 3.63) is 12.2 Å². The summed E-state index contributed by atoms with van der Waals surface area (Å²) in [4.78, 5) is 13.7. The van der Waals surface area contributed by atoms with Gasteiger partial charge in [-0.05, 0) is 19.3 Å². The number of hydrogen-bond donors (Lipinski definition) is 1. The third-order valence-electron chi connectivity index (χ3n) is 5.18. The summed E-state index contributed by atoms with van der Waals surface area (Å²) in [5.74, 6) is 0.0606. The molecule has 1 N–H and O–H groups in total. The molecule has 0 radical (unpaired) electrons. The van der Waals surface area contributed by atoms with Gasteiger partial charge in [0.05, 0.1) is 19.3 Å². The summed E-state index contributed by atoms with van der Waals surface area (Å²) in [6.07, 6.45) is 21.8. The van der Waals surface area contributed by atoms with Crippen molar-refractivity contribution in [2.75, 3.05) is 27.4 Å².